The molecule has 0 bridgehead atoms. The summed E-state index contributed by atoms with van der Waals surface area (Å²) in [6.07, 6.45) is 0. The number of ether oxygens (including phenoxy) is 1. The van der Waals surface area contributed by atoms with Gasteiger partial charge < -0.3 is 10.1 Å². The van der Waals surface area contributed by atoms with E-state index in [9.17, 15) is 9.59 Å². The maximum atomic E-state index is 13.5. The molecule has 1 amide bonds. The fraction of sp³-hybridized carbons (Fsp3) is 0.200. The van der Waals surface area contributed by atoms with Gasteiger partial charge in [-0.2, -0.15) is 0 Å². The largest absolute Gasteiger partial charge is 0.379 e. The summed E-state index contributed by atoms with van der Waals surface area (Å²) in [7, 11) is 0. The first-order valence-electron chi connectivity index (χ1n) is 10.2. The van der Waals surface area contributed by atoms with E-state index in [1.54, 1.807) is 42.5 Å². The second-order valence-electron chi connectivity index (χ2n) is 7.34. The number of halogens is 1. The van der Waals surface area contributed by atoms with Crippen molar-refractivity contribution in [2.45, 2.75) is 6.04 Å². The molecule has 1 N–H and O–H groups in total. The third kappa shape index (κ3) is 5.02. The Bertz CT molecular complexity index is 1050. The molecule has 0 radical (unpaired) electrons. The minimum atomic E-state index is -0.486. The lowest BCUT2D eigenvalue weighted by Gasteiger charge is -2.34. The quantitative estimate of drug-likeness (QED) is 0.577. The maximum Gasteiger partial charge on any atom is 0.246 e. The summed E-state index contributed by atoms with van der Waals surface area (Å²) in [5, 5.41) is 3.42. The summed E-state index contributed by atoms with van der Waals surface area (Å²) in [5.74, 6) is -0.390. The highest BCUT2D eigenvalue weighted by Crippen LogP contribution is 2.27. The van der Waals surface area contributed by atoms with Gasteiger partial charge >= 0.3 is 0 Å². The fourth-order valence-corrected chi connectivity index (χ4v) is 3.93. The van der Waals surface area contributed by atoms with E-state index in [1.807, 2.05) is 36.4 Å². The second kappa shape index (κ2) is 9.88. The topological polar surface area (TPSA) is 58.6 Å². The van der Waals surface area contributed by atoms with E-state index in [-0.39, 0.29) is 11.7 Å². The van der Waals surface area contributed by atoms with E-state index >= 15 is 0 Å². The minimum Gasteiger partial charge on any atom is -0.379 e. The van der Waals surface area contributed by atoms with Crippen LogP contribution in [0.15, 0.2) is 78.9 Å². The van der Waals surface area contributed by atoms with Gasteiger partial charge in [-0.05, 0) is 23.8 Å². The predicted octanol–water partition coefficient (Wildman–Crippen LogP) is 4.58. The molecule has 0 saturated carbocycles. The van der Waals surface area contributed by atoms with E-state index in [0.29, 0.717) is 48.1 Å². The van der Waals surface area contributed by atoms with Gasteiger partial charge in [-0.3, -0.25) is 14.5 Å². The molecule has 1 fully saturated rings. The Morgan fingerprint density at radius 2 is 1.55 bits per heavy atom. The molecule has 5 nitrogen and oxygen atoms in total. The lowest BCUT2D eigenvalue weighted by molar-refractivity contribution is -0.123. The van der Waals surface area contributed by atoms with Crippen molar-refractivity contribution in [3.8, 4) is 0 Å². The normalized spacial score (nSPS) is 15.3. The molecule has 31 heavy (non-hydrogen) atoms. The Morgan fingerprint density at radius 1 is 0.903 bits per heavy atom. The number of hydrogen-bond acceptors (Lipinski definition) is 4. The number of nitrogens with zero attached hydrogens (tertiary/aromatic N) is 1. The molecule has 0 spiro atoms. The molecule has 0 aromatic heterocycles. The molecule has 1 atom stereocenters. The van der Waals surface area contributed by atoms with Crippen molar-refractivity contribution < 1.29 is 14.3 Å². The van der Waals surface area contributed by atoms with Crippen LogP contribution in [0.5, 0.6) is 0 Å². The molecule has 4 rings (SSSR count). The van der Waals surface area contributed by atoms with Gasteiger partial charge in [-0.15, -0.1) is 0 Å². The number of carbonyl (C=O) groups is 2. The Balaban J connectivity index is 1.65. The molecule has 0 aliphatic carbocycles. The SMILES string of the molecule is O=C(c1ccccc1)c1cc(Cl)ccc1NC(=O)C(c1ccccc1)N1CCOCC1. The Labute approximate surface area is 186 Å². The van der Waals surface area contributed by atoms with Crippen molar-refractivity contribution in [3.63, 3.8) is 0 Å². The Hall–Kier alpha value is -2.99. The first-order valence-corrected chi connectivity index (χ1v) is 10.6. The predicted molar refractivity (Wildman–Crippen MR) is 122 cm³/mol. The molecule has 6 heteroatoms. The van der Waals surface area contributed by atoms with Crippen LogP contribution < -0.4 is 5.32 Å². The Kier molecular flexibility index (Phi) is 6.77. The monoisotopic (exact) mass is 434 g/mol. The van der Waals surface area contributed by atoms with Gasteiger partial charge in [0.2, 0.25) is 5.91 Å². The average Bonchev–Trinajstić information content (AvgIpc) is 2.82. The highest BCUT2D eigenvalue weighted by molar-refractivity contribution is 6.31. The summed E-state index contributed by atoms with van der Waals surface area (Å²) in [6, 6.07) is 23.1. The van der Waals surface area contributed by atoms with Crippen molar-refractivity contribution >= 4 is 29.0 Å². The summed E-state index contributed by atoms with van der Waals surface area (Å²) >= 11 is 6.18. The van der Waals surface area contributed by atoms with Crippen LogP contribution in [0.1, 0.15) is 27.5 Å². The van der Waals surface area contributed by atoms with Crippen molar-refractivity contribution in [2.24, 2.45) is 0 Å². The van der Waals surface area contributed by atoms with Crippen LogP contribution in [0, 0.1) is 0 Å². The maximum absolute atomic E-state index is 13.5. The van der Waals surface area contributed by atoms with Gasteiger partial charge in [0.25, 0.3) is 0 Å². The molecular formula is C25H23ClN2O3. The van der Waals surface area contributed by atoms with Crippen LogP contribution in [0.3, 0.4) is 0 Å². The zero-order valence-electron chi connectivity index (χ0n) is 17.0. The molecular weight excluding hydrogens is 412 g/mol. The van der Waals surface area contributed by atoms with E-state index in [1.165, 1.54) is 0 Å². The van der Waals surface area contributed by atoms with Crippen LogP contribution >= 0.6 is 11.6 Å². The number of anilines is 1. The zero-order chi connectivity index (χ0) is 21.6. The number of hydrogen-bond donors (Lipinski definition) is 1. The van der Waals surface area contributed by atoms with Crippen LogP contribution in [-0.4, -0.2) is 42.9 Å². The van der Waals surface area contributed by atoms with Crippen molar-refractivity contribution in [3.05, 3.63) is 101 Å². The number of morpholine rings is 1. The Morgan fingerprint density at radius 3 is 2.23 bits per heavy atom. The molecule has 3 aromatic carbocycles. The van der Waals surface area contributed by atoms with E-state index in [2.05, 4.69) is 10.2 Å². The first kappa shape index (κ1) is 21.2. The smallest absolute Gasteiger partial charge is 0.246 e. The molecule has 1 aliphatic rings. The van der Waals surface area contributed by atoms with Gasteiger partial charge in [0.15, 0.2) is 5.78 Å². The minimum absolute atomic E-state index is 0.193. The molecule has 1 aliphatic heterocycles. The van der Waals surface area contributed by atoms with Gasteiger partial charge in [-0.25, -0.2) is 0 Å². The van der Waals surface area contributed by atoms with Crippen molar-refractivity contribution in [1.29, 1.82) is 0 Å². The first-order chi connectivity index (χ1) is 15.1. The number of carbonyl (C=O) groups excluding carboxylic acids is 2. The molecule has 1 saturated heterocycles. The van der Waals surface area contributed by atoms with E-state index < -0.39 is 6.04 Å². The van der Waals surface area contributed by atoms with Gasteiger partial charge in [-0.1, -0.05) is 72.3 Å². The zero-order valence-corrected chi connectivity index (χ0v) is 17.7. The summed E-state index contributed by atoms with van der Waals surface area (Å²) < 4.78 is 5.46. The summed E-state index contributed by atoms with van der Waals surface area (Å²) in [5.41, 5.74) is 2.23. The average molecular weight is 435 g/mol. The van der Waals surface area contributed by atoms with Crippen molar-refractivity contribution in [1.82, 2.24) is 4.90 Å². The summed E-state index contributed by atoms with van der Waals surface area (Å²) in [4.78, 5) is 28.7. The number of rotatable bonds is 6. The molecule has 3 aromatic rings. The molecule has 1 heterocycles. The third-order valence-corrected chi connectivity index (χ3v) is 5.53. The van der Waals surface area contributed by atoms with Crippen LogP contribution in [0.25, 0.3) is 0 Å². The lowest BCUT2D eigenvalue weighted by atomic mass is 10.0. The second-order valence-corrected chi connectivity index (χ2v) is 7.77. The van der Waals surface area contributed by atoms with Gasteiger partial charge in [0.05, 0.1) is 18.9 Å². The summed E-state index contributed by atoms with van der Waals surface area (Å²) in [6.45, 7) is 2.47. The van der Waals surface area contributed by atoms with Crippen LogP contribution in [-0.2, 0) is 9.53 Å². The van der Waals surface area contributed by atoms with E-state index in [4.69, 9.17) is 16.3 Å². The highest BCUT2D eigenvalue weighted by Gasteiger charge is 2.30. The number of nitrogens with one attached hydrogen (secondary N) is 1. The van der Waals surface area contributed by atoms with Crippen molar-refractivity contribution in [2.75, 3.05) is 31.6 Å². The van der Waals surface area contributed by atoms with Crippen LogP contribution in [0.2, 0.25) is 5.02 Å². The van der Waals surface area contributed by atoms with Crippen LogP contribution in [0.4, 0.5) is 5.69 Å². The van der Waals surface area contributed by atoms with E-state index in [0.717, 1.165) is 5.56 Å². The van der Waals surface area contributed by atoms with Gasteiger partial charge in [0.1, 0.15) is 6.04 Å². The number of benzene rings is 3. The van der Waals surface area contributed by atoms with Gasteiger partial charge in [0, 0.05) is 29.2 Å². The molecule has 158 valence electrons. The lowest BCUT2D eigenvalue weighted by Crippen LogP contribution is -2.44. The number of ketones is 1. The standard InChI is InChI=1S/C25H23ClN2O3/c26-20-11-12-22(21(17-20)24(29)19-9-5-2-6-10-19)27-25(30)23(18-7-3-1-4-8-18)28-13-15-31-16-14-28/h1-12,17,23H,13-16H2,(H,27,30). The number of amides is 1. The fourth-order valence-electron chi connectivity index (χ4n) is 3.76. The third-order valence-electron chi connectivity index (χ3n) is 5.29. The molecule has 1 unspecified atom stereocenters. The highest BCUT2D eigenvalue weighted by atomic mass is 35.5.